The summed E-state index contributed by atoms with van der Waals surface area (Å²) in [5.41, 5.74) is 1.03. The van der Waals surface area contributed by atoms with Gasteiger partial charge >= 0.3 is 0 Å². The van der Waals surface area contributed by atoms with Crippen LogP contribution in [0.25, 0.3) is 0 Å². The molecule has 0 saturated carbocycles. The minimum absolute atomic E-state index is 0.127. The molecule has 1 aromatic rings. The quantitative estimate of drug-likeness (QED) is 0.777. The lowest BCUT2D eigenvalue weighted by molar-refractivity contribution is 0.104. The van der Waals surface area contributed by atoms with Crippen LogP contribution >= 0.6 is 0 Å². The molecule has 0 spiro atoms. The van der Waals surface area contributed by atoms with Crippen LogP contribution in [0.1, 0.15) is 11.6 Å². The van der Waals surface area contributed by atoms with E-state index in [2.05, 4.69) is 21.3 Å². The lowest BCUT2D eigenvalue weighted by Crippen LogP contribution is -2.57. The summed E-state index contributed by atoms with van der Waals surface area (Å²) in [5.74, 6) is 0. The number of hydrogen-bond donors (Lipinski definition) is 1. The summed E-state index contributed by atoms with van der Waals surface area (Å²) in [4.78, 5) is 6.12. The zero-order chi connectivity index (χ0) is 10.7. The number of pyridine rings is 1. The second kappa shape index (κ2) is 4.39. The van der Waals surface area contributed by atoms with Crippen molar-refractivity contribution in [3.8, 4) is 6.07 Å². The molecule has 0 bridgehead atoms. The number of nitrogens with one attached hydrogen (secondary N) is 1. The molecule has 1 fully saturated rings. The van der Waals surface area contributed by atoms with E-state index in [9.17, 15) is 0 Å². The molecule has 78 valence electrons. The van der Waals surface area contributed by atoms with Crippen molar-refractivity contribution >= 4 is 0 Å². The van der Waals surface area contributed by atoms with Crippen molar-refractivity contribution in [1.29, 1.82) is 5.26 Å². The molecule has 2 heterocycles. The van der Waals surface area contributed by atoms with Crippen LogP contribution in [0.4, 0.5) is 0 Å². The molecule has 2 rings (SSSR count). The fourth-order valence-electron chi connectivity index (χ4n) is 1.82. The molecule has 15 heavy (non-hydrogen) atoms. The summed E-state index contributed by atoms with van der Waals surface area (Å²) in [5, 5.41) is 12.3. The van der Waals surface area contributed by atoms with Gasteiger partial charge in [0.25, 0.3) is 0 Å². The van der Waals surface area contributed by atoms with Gasteiger partial charge in [-0.25, -0.2) is 0 Å². The van der Waals surface area contributed by atoms with Crippen LogP contribution in [-0.4, -0.2) is 36.1 Å². The topological polar surface area (TPSA) is 52.0 Å². The average Bonchev–Trinajstić information content (AvgIpc) is 2.24. The van der Waals surface area contributed by atoms with Crippen LogP contribution in [0.3, 0.4) is 0 Å². The van der Waals surface area contributed by atoms with Crippen molar-refractivity contribution < 1.29 is 0 Å². The highest BCUT2D eigenvalue weighted by Gasteiger charge is 2.31. The van der Waals surface area contributed by atoms with E-state index >= 15 is 0 Å². The van der Waals surface area contributed by atoms with Gasteiger partial charge in [0.1, 0.15) is 6.04 Å². The molecule has 1 aliphatic rings. The first-order valence-electron chi connectivity index (χ1n) is 5.06. The summed E-state index contributed by atoms with van der Waals surface area (Å²) in [6.45, 7) is 1.88. The predicted molar refractivity (Wildman–Crippen MR) is 57.0 cm³/mol. The van der Waals surface area contributed by atoms with Gasteiger partial charge in [0.05, 0.1) is 6.07 Å². The second-order valence-corrected chi connectivity index (χ2v) is 3.75. The molecule has 1 N–H and O–H groups in total. The van der Waals surface area contributed by atoms with Crippen LogP contribution in [0.5, 0.6) is 0 Å². The Kier molecular flexibility index (Phi) is 2.95. The predicted octanol–water partition coefficient (Wildman–Crippen LogP) is 0.550. The number of aromatic nitrogens is 1. The van der Waals surface area contributed by atoms with E-state index < -0.39 is 0 Å². The van der Waals surface area contributed by atoms with Crippen LogP contribution in [0.2, 0.25) is 0 Å². The fourth-order valence-corrected chi connectivity index (χ4v) is 1.82. The zero-order valence-corrected chi connectivity index (χ0v) is 8.72. The van der Waals surface area contributed by atoms with E-state index in [1.807, 2.05) is 19.2 Å². The van der Waals surface area contributed by atoms with Crippen molar-refractivity contribution in [2.75, 3.05) is 20.1 Å². The standard InChI is InChI=1S/C11H14N4/c1-13-10-7-15(8-10)11(6-12)9-2-4-14-5-3-9/h2-5,10-11,13H,7-8H2,1H3/t11-/m0/s1. The Bertz CT molecular complexity index is 351. The number of nitrogens with zero attached hydrogens (tertiary/aromatic N) is 3. The Hall–Kier alpha value is -1.44. The Morgan fingerprint density at radius 2 is 2.20 bits per heavy atom. The average molecular weight is 202 g/mol. The molecule has 0 aromatic carbocycles. The van der Waals surface area contributed by atoms with Gasteiger partial charge in [-0.1, -0.05) is 0 Å². The van der Waals surface area contributed by atoms with E-state index in [0.29, 0.717) is 6.04 Å². The van der Waals surface area contributed by atoms with Gasteiger partial charge in [-0.15, -0.1) is 0 Å². The molecule has 4 heteroatoms. The van der Waals surface area contributed by atoms with Crippen molar-refractivity contribution in [2.24, 2.45) is 0 Å². The third-order valence-corrected chi connectivity index (χ3v) is 2.83. The maximum atomic E-state index is 9.14. The minimum atomic E-state index is -0.127. The third kappa shape index (κ3) is 1.99. The van der Waals surface area contributed by atoms with Crippen LogP contribution in [-0.2, 0) is 0 Å². The van der Waals surface area contributed by atoms with Gasteiger partial charge in [0.15, 0.2) is 0 Å². The summed E-state index contributed by atoms with van der Waals surface area (Å²) in [6, 6.07) is 6.55. The second-order valence-electron chi connectivity index (χ2n) is 3.75. The maximum absolute atomic E-state index is 9.14. The molecule has 1 atom stereocenters. The molecule has 0 unspecified atom stereocenters. The van der Waals surface area contributed by atoms with E-state index in [-0.39, 0.29) is 6.04 Å². The largest absolute Gasteiger partial charge is 0.315 e. The fraction of sp³-hybridized carbons (Fsp3) is 0.455. The van der Waals surface area contributed by atoms with Crippen LogP contribution in [0.15, 0.2) is 24.5 Å². The van der Waals surface area contributed by atoms with Crippen molar-refractivity contribution in [1.82, 2.24) is 15.2 Å². The molecule has 1 aliphatic heterocycles. The van der Waals surface area contributed by atoms with Gasteiger partial charge in [-0.2, -0.15) is 5.26 Å². The number of hydrogen-bond acceptors (Lipinski definition) is 4. The van der Waals surface area contributed by atoms with E-state index in [4.69, 9.17) is 5.26 Å². The number of likely N-dealkylation sites (N-methyl/N-ethyl adjacent to an activating group) is 1. The number of likely N-dealkylation sites (tertiary alicyclic amines) is 1. The molecule has 0 aliphatic carbocycles. The Morgan fingerprint density at radius 3 is 2.73 bits per heavy atom. The van der Waals surface area contributed by atoms with Gasteiger partial charge in [-0.3, -0.25) is 9.88 Å². The Labute approximate surface area is 89.5 Å². The highest BCUT2D eigenvalue weighted by atomic mass is 15.3. The smallest absolute Gasteiger partial charge is 0.124 e. The first kappa shape index (κ1) is 10.1. The Morgan fingerprint density at radius 1 is 1.53 bits per heavy atom. The van der Waals surface area contributed by atoms with Gasteiger partial charge in [0.2, 0.25) is 0 Å². The summed E-state index contributed by atoms with van der Waals surface area (Å²) >= 11 is 0. The first-order valence-corrected chi connectivity index (χ1v) is 5.06. The van der Waals surface area contributed by atoms with Gasteiger partial charge < -0.3 is 5.32 Å². The first-order chi connectivity index (χ1) is 7.35. The molecule has 0 amide bonds. The molecule has 0 radical (unpaired) electrons. The van der Waals surface area contributed by atoms with Crippen LogP contribution in [0, 0.1) is 11.3 Å². The van der Waals surface area contributed by atoms with E-state index in [0.717, 1.165) is 18.7 Å². The molecule has 1 aromatic heterocycles. The molecule has 4 nitrogen and oxygen atoms in total. The lowest BCUT2D eigenvalue weighted by atomic mass is 10.0. The van der Waals surface area contributed by atoms with Gasteiger partial charge in [0, 0.05) is 31.5 Å². The van der Waals surface area contributed by atoms with Gasteiger partial charge in [-0.05, 0) is 24.7 Å². The minimum Gasteiger partial charge on any atom is -0.315 e. The SMILES string of the molecule is CNC1CN([C@@H](C#N)c2ccncc2)C1. The number of rotatable bonds is 3. The zero-order valence-electron chi connectivity index (χ0n) is 8.72. The number of nitriles is 1. The van der Waals surface area contributed by atoms with Crippen LogP contribution < -0.4 is 5.32 Å². The lowest BCUT2D eigenvalue weighted by Gasteiger charge is -2.41. The summed E-state index contributed by atoms with van der Waals surface area (Å²) < 4.78 is 0. The monoisotopic (exact) mass is 202 g/mol. The highest BCUT2D eigenvalue weighted by Crippen LogP contribution is 2.24. The van der Waals surface area contributed by atoms with Crippen molar-refractivity contribution in [3.63, 3.8) is 0 Å². The summed E-state index contributed by atoms with van der Waals surface area (Å²) in [6.07, 6.45) is 3.46. The van der Waals surface area contributed by atoms with E-state index in [1.54, 1.807) is 12.4 Å². The van der Waals surface area contributed by atoms with Crippen molar-refractivity contribution in [3.05, 3.63) is 30.1 Å². The van der Waals surface area contributed by atoms with Crippen molar-refractivity contribution in [2.45, 2.75) is 12.1 Å². The van der Waals surface area contributed by atoms with E-state index in [1.165, 1.54) is 0 Å². The molecular formula is C11H14N4. The molecular weight excluding hydrogens is 188 g/mol. The summed E-state index contributed by atoms with van der Waals surface area (Å²) in [7, 11) is 1.95. The normalized spacial score (nSPS) is 19.2. The maximum Gasteiger partial charge on any atom is 0.124 e. The molecule has 1 saturated heterocycles. The third-order valence-electron chi connectivity index (χ3n) is 2.83. The Balaban J connectivity index is 2.04. The highest BCUT2D eigenvalue weighted by molar-refractivity contribution is 5.22.